The lowest BCUT2D eigenvalue weighted by Crippen LogP contribution is -3.00. The first-order valence-electron chi connectivity index (χ1n) is 13.3. The number of nitro benzene ring substituents is 2. The first kappa shape index (κ1) is 29.2. The van der Waals surface area contributed by atoms with Gasteiger partial charge < -0.3 is 25.9 Å². The summed E-state index contributed by atoms with van der Waals surface area (Å²) in [6.45, 7) is 6.59. The maximum Gasteiger partial charge on any atom is 0.269 e. The minimum atomic E-state index is -0.337. The van der Waals surface area contributed by atoms with Crippen LogP contribution in [0.5, 0.6) is 0 Å². The van der Waals surface area contributed by atoms with E-state index in [-0.39, 0.29) is 38.2 Å². The van der Waals surface area contributed by atoms with Gasteiger partial charge in [0.1, 0.15) is 13.1 Å². The maximum absolute atomic E-state index is 10.9. The van der Waals surface area contributed by atoms with Crippen molar-refractivity contribution in [2.45, 2.75) is 51.6 Å². The van der Waals surface area contributed by atoms with Crippen LogP contribution in [0.2, 0.25) is 0 Å². The monoisotopic (exact) mass is 575 g/mol. The molecule has 0 radical (unpaired) electrons. The van der Waals surface area contributed by atoms with Gasteiger partial charge in [0.15, 0.2) is 0 Å². The molecule has 2 saturated heterocycles. The lowest BCUT2D eigenvalue weighted by atomic mass is 9.84. The SMILES string of the molecule is C[N+]1(Cc2ccc([N+](=O)[O-])cc2)CCC(CCC2CC[N+](C)(Cc3ccc([N+](=O)[O-])cc3)CC2)CC1.[Br-]. The molecule has 2 aliphatic heterocycles. The van der Waals surface area contributed by atoms with Crippen molar-refractivity contribution >= 4 is 11.4 Å². The highest BCUT2D eigenvalue weighted by molar-refractivity contribution is 5.33. The molecule has 9 heteroatoms. The molecule has 202 valence electrons. The van der Waals surface area contributed by atoms with Crippen LogP contribution < -0.4 is 17.0 Å². The van der Waals surface area contributed by atoms with Crippen LogP contribution in [-0.4, -0.2) is 59.1 Å². The average molecular weight is 577 g/mol. The van der Waals surface area contributed by atoms with Crippen LogP contribution in [0, 0.1) is 32.1 Å². The fraction of sp³-hybridized carbons (Fsp3) is 0.571. The normalized spacial score (nSPS) is 27.7. The average Bonchev–Trinajstić information content (AvgIpc) is 2.85. The number of nitrogens with zero attached hydrogens (tertiary/aromatic N) is 4. The minimum absolute atomic E-state index is 0. The van der Waals surface area contributed by atoms with Gasteiger partial charge >= 0.3 is 0 Å². The van der Waals surface area contributed by atoms with Crippen LogP contribution in [0.1, 0.15) is 49.7 Å². The Morgan fingerprint density at radius 1 is 0.649 bits per heavy atom. The molecule has 8 nitrogen and oxygen atoms in total. The molecule has 2 aliphatic rings. The summed E-state index contributed by atoms with van der Waals surface area (Å²) in [7, 11) is 4.64. The van der Waals surface area contributed by atoms with Gasteiger partial charge in [0.05, 0.1) is 50.1 Å². The number of hydrogen-bond acceptors (Lipinski definition) is 4. The largest absolute Gasteiger partial charge is 1.00 e. The van der Waals surface area contributed by atoms with E-state index < -0.39 is 0 Å². The van der Waals surface area contributed by atoms with Crippen molar-refractivity contribution in [1.82, 2.24) is 0 Å². The number of hydrogen-bond donors (Lipinski definition) is 0. The predicted molar refractivity (Wildman–Crippen MR) is 140 cm³/mol. The highest BCUT2D eigenvalue weighted by Gasteiger charge is 2.33. The number of piperidine rings is 2. The van der Waals surface area contributed by atoms with E-state index in [1.54, 1.807) is 24.3 Å². The van der Waals surface area contributed by atoms with Crippen molar-refractivity contribution in [2.75, 3.05) is 40.3 Å². The molecular weight excluding hydrogens is 536 g/mol. The second-order valence-electron chi connectivity index (χ2n) is 11.8. The molecule has 0 amide bonds. The van der Waals surface area contributed by atoms with Crippen LogP contribution in [-0.2, 0) is 13.1 Å². The molecule has 2 aromatic rings. The smallest absolute Gasteiger partial charge is 0.269 e. The van der Waals surface area contributed by atoms with E-state index in [0.717, 1.165) is 33.9 Å². The van der Waals surface area contributed by atoms with Crippen molar-refractivity contribution in [3.63, 3.8) is 0 Å². The summed E-state index contributed by atoms with van der Waals surface area (Å²) in [4.78, 5) is 21.1. The van der Waals surface area contributed by atoms with Crippen LogP contribution in [0.15, 0.2) is 48.5 Å². The summed E-state index contributed by atoms with van der Waals surface area (Å²) >= 11 is 0. The Labute approximate surface area is 230 Å². The first-order valence-corrected chi connectivity index (χ1v) is 13.3. The van der Waals surface area contributed by atoms with Crippen molar-refractivity contribution in [3.8, 4) is 0 Å². The highest BCUT2D eigenvalue weighted by Crippen LogP contribution is 2.33. The Morgan fingerprint density at radius 3 is 1.22 bits per heavy atom. The summed E-state index contributed by atoms with van der Waals surface area (Å²) < 4.78 is 2.05. The fourth-order valence-electron chi connectivity index (χ4n) is 6.18. The van der Waals surface area contributed by atoms with Gasteiger partial charge in [-0.05, 0) is 74.6 Å². The standard InChI is InChI=1S/C28H40N4O4.BrH/c1-31(21-25-5-9-27(10-6-25)29(33)34)17-13-23(14-18-31)3-4-24-15-19-32(2,20-16-24)22-26-7-11-28(12-8-26)30(35)36;/h5-12,23-24H,3-4,13-22H2,1-2H3;1H/q+2;/p-1. The van der Waals surface area contributed by atoms with Crippen LogP contribution in [0.4, 0.5) is 11.4 Å². The van der Waals surface area contributed by atoms with Gasteiger partial charge in [0, 0.05) is 35.4 Å². The van der Waals surface area contributed by atoms with Gasteiger partial charge in [0.25, 0.3) is 11.4 Å². The molecule has 0 atom stereocenters. The summed E-state index contributed by atoms with van der Waals surface area (Å²) in [5.41, 5.74) is 2.68. The minimum Gasteiger partial charge on any atom is -1.00 e. The quantitative estimate of drug-likeness (QED) is 0.261. The maximum atomic E-state index is 10.9. The van der Waals surface area contributed by atoms with Crippen molar-refractivity contribution in [3.05, 3.63) is 79.9 Å². The van der Waals surface area contributed by atoms with Gasteiger partial charge in [-0.25, -0.2) is 0 Å². The van der Waals surface area contributed by atoms with Crippen LogP contribution in [0.3, 0.4) is 0 Å². The van der Waals surface area contributed by atoms with E-state index in [0.29, 0.717) is 0 Å². The number of likely N-dealkylation sites (tertiary alicyclic amines) is 2. The summed E-state index contributed by atoms with van der Waals surface area (Å²) in [6.07, 6.45) is 7.73. The second-order valence-corrected chi connectivity index (χ2v) is 11.8. The second kappa shape index (κ2) is 12.5. The predicted octanol–water partition coefficient (Wildman–Crippen LogP) is 2.70. The van der Waals surface area contributed by atoms with Crippen molar-refractivity contribution in [1.29, 1.82) is 0 Å². The summed E-state index contributed by atoms with van der Waals surface area (Å²) in [5, 5.41) is 21.8. The number of benzene rings is 2. The summed E-state index contributed by atoms with van der Waals surface area (Å²) in [5.74, 6) is 1.63. The molecule has 4 rings (SSSR count). The molecule has 2 aromatic carbocycles. The molecule has 2 fully saturated rings. The van der Waals surface area contributed by atoms with Gasteiger partial charge in [-0.15, -0.1) is 0 Å². The van der Waals surface area contributed by atoms with Gasteiger partial charge in [-0.3, -0.25) is 20.2 Å². The molecule has 0 aliphatic carbocycles. The highest BCUT2D eigenvalue weighted by atomic mass is 79.9. The first-order chi connectivity index (χ1) is 17.1. The zero-order chi connectivity index (χ0) is 25.8. The lowest BCUT2D eigenvalue weighted by molar-refractivity contribution is -0.928. The van der Waals surface area contributed by atoms with E-state index in [1.807, 2.05) is 24.3 Å². The van der Waals surface area contributed by atoms with E-state index in [4.69, 9.17) is 0 Å². The third kappa shape index (κ3) is 8.06. The lowest BCUT2D eigenvalue weighted by Gasteiger charge is -2.42. The molecule has 0 bridgehead atoms. The Kier molecular flexibility index (Phi) is 9.83. The van der Waals surface area contributed by atoms with Crippen LogP contribution >= 0.6 is 0 Å². The Morgan fingerprint density at radius 2 is 0.946 bits per heavy atom. The Hall–Kier alpha value is -2.36. The molecule has 0 unspecified atom stereocenters. The topological polar surface area (TPSA) is 86.3 Å². The number of rotatable bonds is 9. The zero-order valence-electron chi connectivity index (χ0n) is 22.1. The third-order valence-corrected chi connectivity index (χ3v) is 8.71. The number of quaternary nitrogens is 2. The zero-order valence-corrected chi connectivity index (χ0v) is 23.6. The Bertz CT molecular complexity index is 959. The van der Waals surface area contributed by atoms with E-state index in [1.165, 1.54) is 75.8 Å². The van der Waals surface area contributed by atoms with E-state index in [9.17, 15) is 20.2 Å². The van der Waals surface area contributed by atoms with Gasteiger partial charge in [0.2, 0.25) is 0 Å². The fourth-order valence-corrected chi connectivity index (χ4v) is 6.18. The Balaban J connectivity index is 0.00000380. The number of halogens is 1. The molecule has 2 heterocycles. The van der Waals surface area contributed by atoms with Gasteiger partial charge in [-0.1, -0.05) is 0 Å². The van der Waals surface area contributed by atoms with E-state index >= 15 is 0 Å². The third-order valence-electron chi connectivity index (χ3n) is 8.71. The molecule has 0 N–H and O–H groups in total. The van der Waals surface area contributed by atoms with Crippen molar-refractivity contribution < 1.29 is 35.8 Å². The number of non-ortho nitro benzene ring substituents is 2. The van der Waals surface area contributed by atoms with E-state index in [2.05, 4.69) is 14.1 Å². The summed E-state index contributed by atoms with van der Waals surface area (Å²) in [6, 6.07) is 14.1. The molecule has 0 saturated carbocycles. The molecular formula is C28H40BrN4O4+. The van der Waals surface area contributed by atoms with Gasteiger partial charge in [-0.2, -0.15) is 0 Å². The van der Waals surface area contributed by atoms with Crippen molar-refractivity contribution in [2.24, 2.45) is 11.8 Å². The van der Waals surface area contributed by atoms with Crippen LogP contribution in [0.25, 0.3) is 0 Å². The molecule has 0 aromatic heterocycles. The molecule has 0 spiro atoms. The number of nitro groups is 2. The molecule has 37 heavy (non-hydrogen) atoms.